The lowest BCUT2D eigenvalue weighted by Crippen LogP contribution is -2.38. The van der Waals surface area contributed by atoms with Gasteiger partial charge in [0.05, 0.1) is 12.7 Å². The summed E-state index contributed by atoms with van der Waals surface area (Å²) in [5.74, 6) is 1.00. The molecule has 1 amide bonds. The van der Waals surface area contributed by atoms with Crippen LogP contribution in [-0.4, -0.2) is 31.8 Å². The summed E-state index contributed by atoms with van der Waals surface area (Å²) in [6.07, 6.45) is 3.19. The normalized spacial score (nSPS) is 25.9. The van der Waals surface area contributed by atoms with E-state index >= 15 is 0 Å². The molecule has 1 aromatic rings. The van der Waals surface area contributed by atoms with Gasteiger partial charge in [-0.1, -0.05) is 30.3 Å². The second kappa shape index (κ2) is 7.25. The number of rotatable bonds is 7. The first-order valence-corrected chi connectivity index (χ1v) is 8.30. The molecule has 4 nitrogen and oxygen atoms in total. The topological polar surface area (TPSA) is 47.6 Å². The van der Waals surface area contributed by atoms with Crippen molar-refractivity contribution in [3.8, 4) is 0 Å². The van der Waals surface area contributed by atoms with Crippen molar-refractivity contribution in [1.82, 2.24) is 5.32 Å². The van der Waals surface area contributed by atoms with E-state index in [1.54, 1.807) is 0 Å². The molecule has 1 N–H and O–H groups in total. The summed E-state index contributed by atoms with van der Waals surface area (Å²) in [5, 5.41) is 3.02. The van der Waals surface area contributed by atoms with Gasteiger partial charge >= 0.3 is 0 Å². The van der Waals surface area contributed by atoms with Crippen LogP contribution in [0.4, 0.5) is 0 Å². The summed E-state index contributed by atoms with van der Waals surface area (Å²) in [6.45, 7) is 3.95. The Morgan fingerprint density at radius 3 is 2.82 bits per heavy atom. The molecule has 1 saturated heterocycles. The van der Waals surface area contributed by atoms with E-state index in [4.69, 9.17) is 9.47 Å². The van der Waals surface area contributed by atoms with Crippen molar-refractivity contribution in [2.45, 2.75) is 38.4 Å². The minimum atomic E-state index is -0.363. The molecule has 1 aliphatic heterocycles. The van der Waals surface area contributed by atoms with Crippen LogP contribution in [0, 0.1) is 11.8 Å². The van der Waals surface area contributed by atoms with E-state index in [0.717, 1.165) is 13.0 Å². The van der Waals surface area contributed by atoms with E-state index in [9.17, 15) is 4.79 Å². The Labute approximate surface area is 132 Å². The number of amides is 1. The first-order valence-electron chi connectivity index (χ1n) is 8.30. The van der Waals surface area contributed by atoms with Crippen molar-refractivity contribution in [2.24, 2.45) is 11.8 Å². The zero-order chi connectivity index (χ0) is 15.4. The van der Waals surface area contributed by atoms with Crippen molar-refractivity contribution >= 4 is 5.91 Å². The molecule has 1 aromatic carbocycles. The van der Waals surface area contributed by atoms with Gasteiger partial charge in [-0.15, -0.1) is 0 Å². The highest BCUT2D eigenvalue weighted by atomic mass is 16.5. The molecule has 0 radical (unpaired) electrons. The third kappa shape index (κ3) is 4.08. The van der Waals surface area contributed by atoms with Crippen LogP contribution in [0.15, 0.2) is 30.3 Å². The fourth-order valence-electron chi connectivity index (χ4n) is 2.87. The minimum absolute atomic E-state index is 0.0145. The predicted molar refractivity (Wildman–Crippen MR) is 84.4 cm³/mol. The maximum atomic E-state index is 12.1. The Hall–Kier alpha value is -1.39. The Morgan fingerprint density at radius 2 is 2.09 bits per heavy atom. The molecule has 0 aromatic heterocycles. The van der Waals surface area contributed by atoms with Gasteiger partial charge in [-0.05, 0) is 37.7 Å². The fraction of sp³-hybridized carbons (Fsp3) is 0.611. The number of benzene rings is 1. The van der Waals surface area contributed by atoms with Gasteiger partial charge in [0.1, 0.15) is 6.10 Å². The van der Waals surface area contributed by atoms with Crippen LogP contribution in [-0.2, 0) is 14.3 Å². The highest BCUT2D eigenvalue weighted by Crippen LogP contribution is 2.34. The number of carbonyl (C=O) groups is 1. The van der Waals surface area contributed by atoms with Gasteiger partial charge in [0.15, 0.2) is 0 Å². The number of ether oxygens (including phenoxy) is 2. The van der Waals surface area contributed by atoms with Crippen LogP contribution in [0.3, 0.4) is 0 Å². The third-order valence-corrected chi connectivity index (χ3v) is 4.53. The molecule has 3 rings (SSSR count). The summed E-state index contributed by atoms with van der Waals surface area (Å²) < 4.78 is 11.5. The summed E-state index contributed by atoms with van der Waals surface area (Å²) in [6, 6.07) is 10.2. The monoisotopic (exact) mass is 303 g/mol. The van der Waals surface area contributed by atoms with Crippen molar-refractivity contribution in [1.29, 1.82) is 0 Å². The molecule has 1 saturated carbocycles. The second-order valence-corrected chi connectivity index (χ2v) is 6.41. The van der Waals surface area contributed by atoms with Crippen LogP contribution < -0.4 is 5.32 Å². The minimum Gasteiger partial charge on any atom is -0.373 e. The summed E-state index contributed by atoms with van der Waals surface area (Å²) >= 11 is 0. The largest absolute Gasteiger partial charge is 0.373 e. The van der Waals surface area contributed by atoms with Crippen LogP contribution in [0.5, 0.6) is 0 Å². The zero-order valence-corrected chi connectivity index (χ0v) is 13.2. The lowest BCUT2D eigenvalue weighted by Gasteiger charge is -2.20. The smallest absolute Gasteiger partial charge is 0.248 e. The summed E-state index contributed by atoms with van der Waals surface area (Å²) in [4.78, 5) is 12.1. The van der Waals surface area contributed by atoms with Crippen LogP contribution >= 0.6 is 0 Å². The Bertz CT molecular complexity index is 486. The molecule has 0 spiro atoms. The number of hydrogen-bond acceptors (Lipinski definition) is 3. The average molecular weight is 303 g/mol. The van der Waals surface area contributed by atoms with E-state index in [-0.39, 0.29) is 18.1 Å². The van der Waals surface area contributed by atoms with Crippen molar-refractivity contribution in [3.63, 3.8) is 0 Å². The van der Waals surface area contributed by atoms with Crippen LogP contribution in [0.25, 0.3) is 0 Å². The Morgan fingerprint density at radius 1 is 1.32 bits per heavy atom. The van der Waals surface area contributed by atoms with Gasteiger partial charge in [0, 0.05) is 19.1 Å². The van der Waals surface area contributed by atoms with E-state index in [1.165, 1.54) is 18.4 Å². The van der Waals surface area contributed by atoms with E-state index in [2.05, 4.69) is 17.4 Å². The number of nitrogens with one attached hydrogen (secondary N) is 1. The quantitative estimate of drug-likeness (QED) is 0.842. The highest BCUT2D eigenvalue weighted by molar-refractivity contribution is 5.80. The SMILES string of the molecule is CC(OCC1CC1)C(=O)NC[C@H]1CCO[C@@H]1c1ccccc1. The third-order valence-electron chi connectivity index (χ3n) is 4.53. The molecule has 22 heavy (non-hydrogen) atoms. The summed E-state index contributed by atoms with van der Waals surface area (Å²) in [5.41, 5.74) is 1.19. The summed E-state index contributed by atoms with van der Waals surface area (Å²) in [7, 11) is 0. The fourth-order valence-corrected chi connectivity index (χ4v) is 2.87. The predicted octanol–water partition coefficient (Wildman–Crippen LogP) is 2.70. The maximum Gasteiger partial charge on any atom is 0.248 e. The number of hydrogen-bond donors (Lipinski definition) is 1. The standard InChI is InChI=1S/C18H25NO3/c1-13(22-12-14-7-8-14)18(20)19-11-16-9-10-21-17(16)15-5-3-2-4-6-15/h2-6,13-14,16-17H,7-12H2,1H3,(H,19,20)/t13?,16-,17-/m1/s1. The maximum absolute atomic E-state index is 12.1. The average Bonchev–Trinajstić information content (AvgIpc) is 3.27. The number of carbonyl (C=O) groups excluding carboxylic acids is 1. The molecule has 1 aliphatic carbocycles. The van der Waals surface area contributed by atoms with Gasteiger partial charge in [-0.3, -0.25) is 4.79 Å². The molecule has 120 valence electrons. The van der Waals surface area contributed by atoms with E-state index in [1.807, 2.05) is 25.1 Å². The van der Waals surface area contributed by atoms with Crippen LogP contribution in [0.1, 0.15) is 37.9 Å². The van der Waals surface area contributed by atoms with Gasteiger partial charge in [-0.25, -0.2) is 0 Å². The lowest BCUT2D eigenvalue weighted by molar-refractivity contribution is -0.132. The van der Waals surface area contributed by atoms with E-state index in [0.29, 0.717) is 25.0 Å². The first-order chi connectivity index (χ1) is 10.7. The molecule has 4 heteroatoms. The molecular weight excluding hydrogens is 278 g/mol. The molecule has 3 atom stereocenters. The Kier molecular flexibility index (Phi) is 5.11. The van der Waals surface area contributed by atoms with E-state index < -0.39 is 0 Å². The van der Waals surface area contributed by atoms with Crippen LogP contribution in [0.2, 0.25) is 0 Å². The van der Waals surface area contributed by atoms with Gasteiger partial charge in [0.25, 0.3) is 0 Å². The Balaban J connectivity index is 1.46. The second-order valence-electron chi connectivity index (χ2n) is 6.41. The van der Waals surface area contributed by atoms with Crippen molar-refractivity contribution < 1.29 is 14.3 Å². The molecular formula is C18H25NO3. The molecule has 0 bridgehead atoms. The van der Waals surface area contributed by atoms with Gasteiger partial charge in [0.2, 0.25) is 5.91 Å². The first kappa shape index (κ1) is 15.5. The molecule has 2 aliphatic rings. The molecule has 2 fully saturated rings. The highest BCUT2D eigenvalue weighted by Gasteiger charge is 2.30. The van der Waals surface area contributed by atoms with Gasteiger partial charge < -0.3 is 14.8 Å². The van der Waals surface area contributed by atoms with Gasteiger partial charge in [-0.2, -0.15) is 0 Å². The van der Waals surface area contributed by atoms with Crippen molar-refractivity contribution in [2.75, 3.05) is 19.8 Å². The lowest BCUT2D eigenvalue weighted by atomic mass is 9.95. The molecule has 1 unspecified atom stereocenters. The van der Waals surface area contributed by atoms with Crippen molar-refractivity contribution in [3.05, 3.63) is 35.9 Å². The zero-order valence-electron chi connectivity index (χ0n) is 13.2. The molecule has 1 heterocycles.